The van der Waals surface area contributed by atoms with Crippen molar-refractivity contribution in [3.63, 3.8) is 0 Å². The van der Waals surface area contributed by atoms with Crippen molar-refractivity contribution in [1.29, 1.82) is 0 Å². The van der Waals surface area contributed by atoms with E-state index in [9.17, 15) is 19.5 Å². The number of anilines is 1. The summed E-state index contributed by atoms with van der Waals surface area (Å²) in [7, 11) is 0. The van der Waals surface area contributed by atoms with E-state index in [4.69, 9.17) is 11.6 Å². The first kappa shape index (κ1) is 32.3. The molecule has 3 amide bonds. The molecule has 3 aliphatic heterocycles. The number of carbonyl (C=O) groups excluding carboxylic acids is 3. The number of aliphatic hydroxyl groups is 1. The molecular formula is C35H42ClN3O4S. The summed E-state index contributed by atoms with van der Waals surface area (Å²) in [5.74, 6) is -2.02. The van der Waals surface area contributed by atoms with Crippen LogP contribution in [0.25, 0.3) is 0 Å². The fourth-order valence-electron chi connectivity index (χ4n) is 7.66. The minimum Gasteiger partial charge on any atom is -0.394 e. The van der Waals surface area contributed by atoms with Crippen LogP contribution in [-0.4, -0.2) is 74.4 Å². The molecule has 3 saturated heterocycles. The van der Waals surface area contributed by atoms with E-state index < -0.39 is 28.7 Å². The summed E-state index contributed by atoms with van der Waals surface area (Å²) in [6.45, 7) is 14.4. The Kier molecular flexibility index (Phi) is 9.64. The van der Waals surface area contributed by atoms with Gasteiger partial charge >= 0.3 is 0 Å². The highest BCUT2D eigenvalue weighted by Crippen LogP contribution is 2.69. The van der Waals surface area contributed by atoms with E-state index in [0.29, 0.717) is 23.8 Å². The van der Waals surface area contributed by atoms with Gasteiger partial charge in [0.25, 0.3) is 5.91 Å². The van der Waals surface area contributed by atoms with Crippen LogP contribution in [0, 0.1) is 23.7 Å². The van der Waals surface area contributed by atoms with Crippen LogP contribution in [-0.2, 0) is 20.9 Å². The minimum atomic E-state index is -0.888. The molecule has 0 aromatic heterocycles. The fourth-order valence-corrected chi connectivity index (χ4v) is 10.3. The van der Waals surface area contributed by atoms with Crippen molar-refractivity contribution in [3.8, 4) is 0 Å². The number of benzene rings is 2. The molecule has 0 aliphatic carbocycles. The Labute approximate surface area is 269 Å². The molecule has 3 unspecified atom stereocenters. The van der Waals surface area contributed by atoms with Crippen LogP contribution >= 0.6 is 23.4 Å². The normalized spacial score (nSPS) is 27.7. The van der Waals surface area contributed by atoms with E-state index >= 15 is 0 Å². The van der Waals surface area contributed by atoms with Crippen LogP contribution in [0.1, 0.15) is 32.8 Å². The molecule has 1 N–H and O–H groups in total. The van der Waals surface area contributed by atoms with Crippen LogP contribution in [0.3, 0.4) is 0 Å². The molecule has 2 aromatic rings. The lowest BCUT2D eigenvalue weighted by Gasteiger charge is -2.43. The average Bonchev–Trinajstić information content (AvgIpc) is 3.60. The zero-order valence-corrected chi connectivity index (χ0v) is 27.2. The van der Waals surface area contributed by atoms with Gasteiger partial charge in [-0.25, -0.2) is 0 Å². The Morgan fingerprint density at radius 2 is 1.75 bits per heavy atom. The lowest BCUT2D eigenvalue weighted by Crippen LogP contribution is -2.60. The van der Waals surface area contributed by atoms with Crippen LogP contribution in [0.15, 0.2) is 79.9 Å². The average molecular weight is 636 g/mol. The third-order valence-electron chi connectivity index (χ3n) is 9.61. The second-order valence-corrected chi connectivity index (χ2v) is 14.4. The van der Waals surface area contributed by atoms with Gasteiger partial charge in [0.2, 0.25) is 11.8 Å². The molecule has 2 bridgehead atoms. The highest BCUT2D eigenvalue weighted by atomic mass is 35.5. The summed E-state index contributed by atoms with van der Waals surface area (Å²) >= 11 is 8.24. The summed E-state index contributed by atoms with van der Waals surface area (Å²) in [5, 5.41) is 10.9. The van der Waals surface area contributed by atoms with Gasteiger partial charge in [0.1, 0.15) is 6.04 Å². The van der Waals surface area contributed by atoms with Crippen molar-refractivity contribution in [3.05, 3.63) is 90.5 Å². The molecular weight excluding hydrogens is 594 g/mol. The molecule has 9 heteroatoms. The van der Waals surface area contributed by atoms with Gasteiger partial charge in [-0.2, -0.15) is 0 Å². The summed E-state index contributed by atoms with van der Waals surface area (Å²) in [6.07, 6.45) is 4.08. The molecule has 3 heterocycles. The van der Waals surface area contributed by atoms with Crippen molar-refractivity contribution in [2.24, 2.45) is 23.7 Å². The van der Waals surface area contributed by atoms with Crippen LogP contribution < -0.4 is 4.90 Å². The number of hydrogen-bond acceptors (Lipinski definition) is 5. The number of hydrogen-bond donors (Lipinski definition) is 1. The highest BCUT2D eigenvalue weighted by molar-refractivity contribution is 8.02. The first-order chi connectivity index (χ1) is 21.1. The van der Waals surface area contributed by atoms with E-state index in [-0.39, 0.29) is 48.0 Å². The Bertz CT molecular complexity index is 1420. The molecule has 0 saturated carbocycles. The van der Waals surface area contributed by atoms with E-state index in [1.807, 2.05) is 50.2 Å². The van der Waals surface area contributed by atoms with E-state index in [1.165, 1.54) is 0 Å². The third kappa shape index (κ3) is 5.29. The number of likely N-dealkylation sites (tertiary alicyclic amines) is 1. The zero-order valence-electron chi connectivity index (χ0n) is 25.6. The highest BCUT2D eigenvalue weighted by Gasteiger charge is 2.77. The minimum absolute atomic E-state index is 0.0141. The number of carbonyl (C=O) groups is 3. The number of halogens is 1. The Balaban J connectivity index is 1.61. The van der Waals surface area contributed by atoms with Gasteiger partial charge in [0.15, 0.2) is 0 Å². The molecule has 7 atom stereocenters. The first-order valence-corrected chi connectivity index (χ1v) is 16.6. The molecule has 5 rings (SSSR count). The lowest BCUT2D eigenvalue weighted by atomic mass is 9.65. The van der Waals surface area contributed by atoms with Crippen molar-refractivity contribution >= 4 is 46.8 Å². The summed E-state index contributed by atoms with van der Waals surface area (Å²) < 4.78 is -0.839. The molecule has 2 aromatic carbocycles. The predicted octanol–water partition coefficient (Wildman–Crippen LogP) is 5.43. The number of amides is 3. The van der Waals surface area contributed by atoms with Crippen molar-refractivity contribution in [2.45, 2.75) is 55.8 Å². The largest absolute Gasteiger partial charge is 0.394 e. The monoisotopic (exact) mass is 635 g/mol. The standard InChI is InChI=1S/C35H42ClN3O4S/c1-6-17-37(20-24-13-9-8-10-14-24)32(41)29-28-19-23(5)35(44-28)30(29)33(42)39(27(21-40)22(3)4)31(35)34(43)38(18-7-2)26-16-12-11-15-25(26)36/h6-16,22-23,27-31,40H,1-2,17-21H2,3-5H3/t23?,27-,28+,29-,30-,31?,35?/m0/s1. The van der Waals surface area contributed by atoms with Crippen LogP contribution in [0.4, 0.5) is 5.69 Å². The van der Waals surface area contributed by atoms with Crippen LogP contribution in [0.5, 0.6) is 0 Å². The van der Waals surface area contributed by atoms with Gasteiger partial charge in [-0.15, -0.1) is 24.9 Å². The van der Waals surface area contributed by atoms with E-state index in [0.717, 1.165) is 12.0 Å². The number of nitrogens with zero attached hydrogens (tertiary/aromatic N) is 3. The molecule has 234 valence electrons. The first-order valence-electron chi connectivity index (χ1n) is 15.3. The van der Waals surface area contributed by atoms with Gasteiger partial charge < -0.3 is 19.8 Å². The fraction of sp³-hybridized carbons (Fsp3) is 0.457. The molecule has 3 fully saturated rings. The molecule has 7 nitrogen and oxygen atoms in total. The van der Waals surface area contributed by atoms with Gasteiger partial charge in [-0.1, -0.05) is 87.0 Å². The maximum atomic E-state index is 14.9. The van der Waals surface area contributed by atoms with Crippen molar-refractivity contribution in [2.75, 3.05) is 24.6 Å². The number of para-hydroxylation sites is 1. The summed E-state index contributed by atoms with van der Waals surface area (Å²) in [4.78, 5) is 49.2. The maximum Gasteiger partial charge on any atom is 0.251 e. The van der Waals surface area contributed by atoms with Crippen molar-refractivity contribution < 1.29 is 19.5 Å². The maximum absolute atomic E-state index is 14.9. The van der Waals surface area contributed by atoms with Gasteiger partial charge in [0, 0.05) is 24.9 Å². The third-order valence-corrected chi connectivity index (χ3v) is 12.0. The number of rotatable bonds is 12. The van der Waals surface area contributed by atoms with Crippen molar-refractivity contribution in [1.82, 2.24) is 9.80 Å². The SMILES string of the molecule is C=CCN(Cc1ccccc1)C(=O)[C@@H]1[C@H]2C(=O)N([C@@H](CO)C(C)C)C(C(=O)N(CC=C)c3ccccc3Cl)C23S[C@@H]1CC3C. The number of thioether (sulfide) groups is 1. The topological polar surface area (TPSA) is 81.2 Å². The summed E-state index contributed by atoms with van der Waals surface area (Å²) in [6, 6.07) is 15.5. The quantitative estimate of drug-likeness (QED) is 0.315. The Morgan fingerprint density at radius 1 is 1.09 bits per heavy atom. The molecule has 1 spiro atoms. The molecule has 3 aliphatic rings. The van der Waals surface area contributed by atoms with Gasteiger partial charge in [-0.3, -0.25) is 14.4 Å². The lowest BCUT2D eigenvalue weighted by molar-refractivity contribution is -0.146. The zero-order chi connectivity index (χ0) is 31.8. The van der Waals surface area contributed by atoms with Gasteiger partial charge in [-0.05, 0) is 36.0 Å². The summed E-state index contributed by atoms with van der Waals surface area (Å²) in [5.41, 5.74) is 1.53. The van der Waals surface area contributed by atoms with Crippen LogP contribution in [0.2, 0.25) is 5.02 Å². The van der Waals surface area contributed by atoms with E-state index in [2.05, 4.69) is 20.1 Å². The molecule has 44 heavy (non-hydrogen) atoms. The van der Waals surface area contributed by atoms with E-state index in [1.54, 1.807) is 56.8 Å². The number of aliphatic hydroxyl groups excluding tert-OH is 1. The Morgan fingerprint density at radius 3 is 2.36 bits per heavy atom. The van der Waals surface area contributed by atoms with Gasteiger partial charge in [0.05, 0.1) is 39.9 Å². The Hall–Kier alpha value is -3.07. The number of fused-ring (bicyclic) bond motifs is 1. The predicted molar refractivity (Wildman–Crippen MR) is 177 cm³/mol. The smallest absolute Gasteiger partial charge is 0.251 e. The molecule has 0 radical (unpaired) electrons. The second kappa shape index (κ2) is 13.1. The second-order valence-electron chi connectivity index (χ2n) is 12.5.